The van der Waals surface area contributed by atoms with Crippen molar-refractivity contribution in [1.82, 2.24) is 9.97 Å². The van der Waals surface area contributed by atoms with E-state index in [4.69, 9.17) is 0 Å². The summed E-state index contributed by atoms with van der Waals surface area (Å²) in [5.74, 6) is -0.702. The summed E-state index contributed by atoms with van der Waals surface area (Å²) in [5, 5.41) is 14.6. The molecule has 0 bridgehead atoms. The van der Waals surface area contributed by atoms with Crippen LogP contribution in [0.15, 0.2) is 54.9 Å². The highest BCUT2D eigenvalue weighted by molar-refractivity contribution is 6.11. The van der Waals surface area contributed by atoms with Crippen LogP contribution in [0.25, 0.3) is 0 Å². The van der Waals surface area contributed by atoms with Crippen LogP contribution in [0.1, 0.15) is 23.7 Å². The molecule has 10 heteroatoms. The average Bonchev–Trinajstić information content (AvgIpc) is 3.28. The fourth-order valence-corrected chi connectivity index (χ4v) is 3.32. The van der Waals surface area contributed by atoms with E-state index in [-0.39, 0.29) is 11.3 Å². The van der Waals surface area contributed by atoms with Crippen molar-refractivity contribution in [3.63, 3.8) is 0 Å². The van der Waals surface area contributed by atoms with Crippen molar-refractivity contribution in [3.8, 4) is 0 Å². The van der Waals surface area contributed by atoms with Gasteiger partial charge in [0.15, 0.2) is 11.6 Å². The summed E-state index contributed by atoms with van der Waals surface area (Å²) in [7, 11) is 0. The average molecular weight is 435 g/mol. The van der Waals surface area contributed by atoms with Gasteiger partial charge in [-0.2, -0.15) is 0 Å². The van der Waals surface area contributed by atoms with E-state index in [1.807, 2.05) is 6.92 Å². The number of fused-ring (bicyclic) bond motifs is 1. The first kappa shape index (κ1) is 21.0. The van der Waals surface area contributed by atoms with Crippen LogP contribution in [0.2, 0.25) is 0 Å². The fraction of sp³-hybridized carbons (Fsp3) is 0.182. The zero-order valence-corrected chi connectivity index (χ0v) is 17.3. The van der Waals surface area contributed by atoms with E-state index in [0.717, 1.165) is 0 Å². The molecule has 0 saturated heterocycles. The molecule has 1 aliphatic rings. The number of nitrogens with zero attached hydrogens (tertiary/aromatic N) is 2. The van der Waals surface area contributed by atoms with Gasteiger partial charge in [0.25, 0.3) is 5.91 Å². The molecule has 0 radical (unpaired) electrons. The van der Waals surface area contributed by atoms with Gasteiger partial charge in [0.05, 0.1) is 17.9 Å². The van der Waals surface area contributed by atoms with Crippen molar-refractivity contribution in [1.29, 1.82) is 0 Å². The summed E-state index contributed by atoms with van der Waals surface area (Å²) in [6, 6.07) is 12.1. The maximum Gasteiger partial charge on any atom is 0.260 e. The van der Waals surface area contributed by atoms with Gasteiger partial charge in [-0.05, 0) is 30.7 Å². The lowest BCUT2D eigenvalue weighted by Crippen LogP contribution is -2.35. The van der Waals surface area contributed by atoms with Gasteiger partial charge in [-0.1, -0.05) is 31.2 Å². The van der Waals surface area contributed by atoms with E-state index in [2.05, 4.69) is 36.6 Å². The van der Waals surface area contributed by atoms with E-state index in [1.54, 1.807) is 30.3 Å². The zero-order valence-electron chi connectivity index (χ0n) is 17.3. The molecule has 1 aromatic heterocycles. The number of hydrogen-bond acceptors (Lipinski definition) is 7. The quantitative estimate of drug-likeness (QED) is 0.385. The molecule has 0 fully saturated rings. The van der Waals surface area contributed by atoms with Gasteiger partial charge < -0.3 is 26.6 Å². The second-order valence-electron chi connectivity index (χ2n) is 7.05. The fourth-order valence-electron chi connectivity index (χ4n) is 3.32. The molecule has 2 aromatic carbocycles. The molecular weight excluding hydrogens is 413 g/mol. The SMILES string of the molecule is CC[C@H](Nc1ncnc2c1NCN2)C(=O)Nc1cccc(F)c1C(=O)Nc1ccccc1. The van der Waals surface area contributed by atoms with Gasteiger partial charge in [0, 0.05) is 5.69 Å². The Morgan fingerprint density at radius 1 is 1.06 bits per heavy atom. The Labute approximate surface area is 183 Å². The Bertz CT molecular complexity index is 1140. The summed E-state index contributed by atoms with van der Waals surface area (Å²) < 4.78 is 14.6. The smallest absolute Gasteiger partial charge is 0.260 e. The molecule has 5 N–H and O–H groups in total. The van der Waals surface area contributed by atoms with Crippen molar-refractivity contribution in [2.75, 3.05) is 33.3 Å². The Morgan fingerprint density at radius 3 is 2.66 bits per heavy atom. The summed E-state index contributed by atoms with van der Waals surface area (Å²) in [6.45, 7) is 2.34. The predicted molar refractivity (Wildman–Crippen MR) is 121 cm³/mol. The maximum atomic E-state index is 14.6. The normalized spacial score (nSPS) is 12.7. The van der Waals surface area contributed by atoms with Crippen LogP contribution >= 0.6 is 0 Å². The first-order chi connectivity index (χ1) is 15.6. The number of benzene rings is 2. The van der Waals surface area contributed by atoms with Gasteiger partial charge in [0.1, 0.15) is 23.9 Å². The maximum absolute atomic E-state index is 14.6. The van der Waals surface area contributed by atoms with Crippen LogP contribution in [0.5, 0.6) is 0 Å². The number of halogens is 1. The lowest BCUT2D eigenvalue weighted by atomic mass is 10.1. The highest BCUT2D eigenvalue weighted by Gasteiger charge is 2.24. The molecular formula is C22H22FN7O2. The van der Waals surface area contributed by atoms with Crippen LogP contribution in [-0.4, -0.2) is 34.5 Å². The second kappa shape index (κ2) is 9.29. The minimum absolute atomic E-state index is 0.0800. The third kappa shape index (κ3) is 4.43. The number of carbonyl (C=O) groups excluding carboxylic acids is 2. The third-order valence-corrected chi connectivity index (χ3v) is 4.93. The molecule has 3 aromatic rings. The molecule has 1 atom stereocenters. The van der Waals surface area contributed by atoms with E-state index in [1.165, 1.54) is 24.5 Å². The summed E-state index contributed by atoms with van der Waals surface area (Å²) >= 11 is 0. The van der Waals surface area contributed by atoms with Gasteiger partial charge in [-0.3, -0.25) is 9.59 Å². The van der Waals surface area contributed by atoms with Crippen LogP contribution in [0.3, 0.4) is 0 Å². The molecule has 1 aliphatic heterocycles. The number of amides is 2. The van der Waals surface area contributed by atoms with E-state index in [0.29, 0.717) is 36.1 Å². The number of rotatable bonds is 7. The van der Waals surface area contributed by atoms with Gasteiger partial charge >= 0.3 is 0 Å². The van der Waals surface area contributed by atoms with E-state index < -0.39 is 23.7 Å². The lowest BCUT2D eigenvalue weighted by molar-refractivity contribution is -0.117. The minimum atomic E-state index is -0.735. The lowest BCUT2D eigenvalue weighted by Gasteiger charge is -2.20. The van der Waals surface area contributed by atoms with Crippen molar-refractivity contribution >= 4 is 40.5 Å². The molecule has 0 aliphatic carbocycles. The molecule has 32 heavy (non-hydrogen) atoms. The topological polar surface area (TPSA) is 120 Å². The standard InChI is InChI=1S/C22H22FN7O2/c1-2-15(29-20-18-19(25-11-24-18)26-12-27-20)21(31)30-16-10-6-9-14(23)17(16)22(32)28-13-7-4-3-5-8-13/h3-10,12,15,24H,2,11H2,1H3,(H,28,32)(H,30,31)(H2,25,26,27,29)/t15-/m0/s1. The number of para-hydroxylation sites is 1. The van der Waals surface area contributed by atoms with Gasteiger partial charge in [0.2, 0.25) is 5.91 Å². The first-order valence-electron chi connectivity index (χ1n) is 10.1. The molecule has 2 amide bonds. The van der Waals surface area contributed by atoms with E-state index in [9.17, 15) is 14.0 Å². The largest absolute Gasteiger partial charge is 0.362 e. The first-order valence-corrected chi connectivity index (χ1v) is 10.1. The number of carbonyl (C=O) groups is 2. The van der Waals surface area contributed by atoms with Crippen LogP contribution in [0.4, 0.5) is 33.1 Å². The number of nitrogens with one attached hydrogen (secondary N) is 5. The zero-order chi connectivity index (χ0) is 22.5. The highest BCUT2D eigenvalue weighted by Crippen LogP contribution is 2.30. The predicted octanol–water partition coefficient (Wildman–Crippen LogP) is 3.49. The van der Waals surface area contributed by atoms with Gasteiger partial charge in [-0.25, -0.2) is 14.4 Å². The van der Waals surface area contributed by atoms with Crippen molar-refractivity contribution in [2.45, 2.75) is 19.4 Å². The number of hydrogen-bond donors (Lipinski definition) is 5. The van der Waals surface area contributed by atoms with E-state index >= 15 is 0 Å². The van der Waals surface area contributed by atoms with Crippen molar-refractivity contribution < 1.29 is 14.0 Å². The molecule has 164 valence electrons. The van der Waals surface area contributed by atoms with Crippen molar-refractivity contribution in [2.24, 2.45) is 0 Å². The Hall–Kier alpha value is -4.21. The third-order valence-electron chi connectivity index (χ3n) is 4.93. The Morgan fingerprint density at radius 2 is 1.88 bits per heavy atom. The van der Waals surface area contributed by atoms with Crippen LogP contribution in [-0.2, 0) is 4.79 Å². The monoisotopic (exact) mass is 435 g/mol. The summed E-state index contributed by atoms with van der Waals surface area (Å²) in [4.78, 5) is 34.1. The molecule has 2 heterocycles. The molecule has 0 saturated carbocycles. The molecule has 0 spiro atoms. The number of aromatic nitrogens is 2. The molecule has 4 rings (SSSR count). The minimum Gasteiger partial charge on any atom is -0.362 e. The Kier molecular flexibility index (Phi) is 6.11. The highest BCUT2D eigenvalue weighted by atomic mass is 19.1. The van der Waals surface area contributed by atoms with Crippen LogP contribution in [0, 0.1) is 5.82 Å². The van der Waals surface area contributed by atoms with Gasteiger partial charge in [-0.15, -0.1) is 0 Å². The Balaban J connectivity index is 1.53. The summed E-state index contributed by atoms with van der Waals surface area (Å²) in [5.41, 5.74) is 1.03. The summed E-state index contributed by atoms with van der Waals surface area (Å²) in [6.07, 6.45) is 1.82. The second-order valence-corrected chi connectivity index (χ2v) is 7.05. The van der Waals surface area contributed by atoms with Crippen LogP contribution < -0.4 is 26.6 Å². The molecule has 0 unspecified atom stereocenters. The van der Waals surface area contributed by atoms with Crippen molar-refractivity contribution in [3.05, 3.63) is 66.2 Å². The molecule has 9 nitrogen and oxygen atoms in total. The number of anilines is 5.